The molecule has 0 spiro atoms. The van der Waals surface area contributed by atoms with Gasteiger partial charge >= 0.3 is 0 Å². The minimum Gasteiger partial charge on any atom is -0.477 e. The number of H-pyrrole nitrogens is 1. The third-order valence-corrected chi connectivity index (χ3v) is 4.90. The van der Waals surface area contributed by atoms with Crippen molar-refractivity contribution >= 4 is 17.1 Å². The maximum atomic E-state index is 8.38. The number of nitrogens with zero attached hydrogens (tertiary/aromatic N) is 3. The molecule has 4 N–H and O–H groups in total. The molecule has 0 aromatic carbocycles. The first kappa shape index (κ1) is 22.3. The Kier molecular flexibility index (Phi) is 7.59. The number of rotatable bonds is 11. The van der Waals surface area contributed by atoms with Crippen LogP contribution in [0, 0.1) is 5.41 Å². The molecule has 3 rings (SSSR count). The fraction of sp³-hybridized carbons (Fsp3) is 0.391. The van der Waals surface area contributed by atoms with Gasteiger partial charge in [-0.2, -0.15) is 5.10 Å². The van der Waals surface area contributed by atoms with Gasteiger partial charge in [0.15, 0.2) is 0 Å². The summed E-state index contributed by atoms with van der Waals surface area (Å²) in [6, 6.07) is 7.97. The summed E-state index contributed by atoms with van der Waals surface area (Å²) < 4.78 is 5.86. The van der Waals surface area contributed by atoms with E-state index in [4.69, 9.17) is 15.1 Å². The number of hydrogen-bond donors (Lipinski definition) is 4. The molecule has 0 aliphatic rings. The van der Waals surface area contributed by atoms with Gasteiger partial charge in [0.05, 0.1) is 47.2 Å². The van der Waals surface area contributed by atoms with Crippen molar-refractivity contribution < 1.29 is 4.74 Å². The molecular formula is C23H31N7O. The van der Waals surface area contributed by atoms with Crippen molar-refractivity contribution in [3.63, 3.8) is 0 Å². The van der Waals surface area contributed by atoms with Gasteiger partial charge in [-0.15, -0.1) is 0 Å². The summed E-state index contributed by atoms with van der Waals surface area (Å²) in [5.41, 5.74) is 5.17. The van der Waals surface area contributed by atoms with E-state index >= 15 is 0 Å². The van der Waals surface area contributed by atoms with Crippen molar-refractivity contribution in [2.75, 3.05) is 17.2 Å². The van der Waals surface area contributed by atoms with Gasteiger partial charge in [-0.3, -0.25) is 5.10 Å². The summed E-state index contributed by atoms with van der Waals surface area (Å²) in [5, 5.41) is 22.4. The van der Waals surface area contributed by atoms with Crippen LogP contribution in [0.15, 0.2) is 36.7 Å². The van der Waals surface area contributed by atoms with Gasteiger partial charge < -0.3 is 20.8 Å². The molecule has 164 valence electrons. The predicted octanol–water partition coefficient (Wildman–Crippen LogP) is 4.87. The predicted molar refractivity (Wildman–Crippen MR) is 125 cm³/mol. The van der Waals surface area contributed by atoms with Crippen LogP contribution in [0.4, 0.5) is 11.4 Å². The molecule has 0 aliphatic carbocycles. The molecule has 3 aromatic heterocycles. The fourth-order valence-corrected chi connectivity index (χ4v) is 3.06. The fourth-order valence-electron chi connectivity index (χ4n) is 3.06. The second-order valence-corrected chi connectivity index (χ2v) is 7.50. The van der Waals surface area contributed by atoms with Gasteiger partial charge in [-0.05, 0) is 51.0 Å². The van der Waals surface area contributed by atoms with Crippen LogP contribution < -0.4 is 15.4 Å². The van der Waals surface area contributed by atoms with E-state index in [1.54, 1.807) is 19.3 Å². The maximum absolute atomic E-state index is 8.38. The second-order valence-electron chi connectivity index (χ2n) is 7.50. The van der Waals surface area contributed by atoms with Crippen LogP contribution in [0.3, 0.4) is 0 Å². The summed E-state index contributed by atoms with van der Waals surface area (Å²) in [5.74, 6) is 0.549. The Hall–Kier alpha value is -3.42. The number of ether oxygens (including phenoxy) is 1. The smallest absolute Gasteiger partial charge is 0.222 e. The van der Waals surface area contributed by atoms with Gasteiger partial charge in [0.25, 0.3) is 0 Å². The van der Waals surface area contributed by atoms with Crippen LogP contribution in [-0.4, -0.2) is 38.5 Å². The summed E-state index contributed by atoms with van der Waals surface area (Å²) in [7, 11) is 0. The van der Waals surface area contributed by atoms with Crippen LogP contribution in [0.2, 0.25) is 0 Å². The van der Waals surface area contributed by atoms with Crippen LogP contribution in [0.1, 0.15) is 51.9 Å². The Balaban J connectivity index is 2.09. The molecule has 8 heteroatoms. The number of aromatic amines is 1. The summed E-state index contributed by atoms with van der Waals surface area (Å²) in [6.45, 7) is 9.21. The minimum absolute atomic E-state index is 0.236. The van der Waals surface area contributed by atoms with Crippen molar-refractivity contribution in [3.05, 3.63) is 48.0 Å². The zero-order chi connectivity index (χ0) is 22.2. The van der Waals surface area contributed by atoms with Crippen molar-refractivity contribution in [2.24, 2.45) is 0 Å². The molecule has 0 radical (unpaired) electrons. The quantitative estimate of drug-likeness (QED) is 0.329. The lowest BCUT2D eigenvalue weighted by Gasteiger charge is -2.22. The molecule has 0 amide bonds. The first-order chi connectivity index (χ1) is 15.0. The van der Waals surface area contributed by atoms with Crippen LogP contribution in [0.5, 0.6) is 5.88 Å². The van der Waals surface area contributed by atoms with Crippen LogP contribution >= 0.6 is 0 Å². The first-order valence-corrected chi connectivity index (χ1v) is 10.7. The molecule has 0 fully saturated rings. The first-order valence-electron chi connectivity index (χ1n) is 10.7. The van der Waals surface area contributed by atoms with E-state index in [0.29, 0.717) is 36.1 Å². The highest BCUT2D eigenvalue weighted by molar-refractivity contribution is 6.03. The average molecular weight is 422 g/mol. The van der Waals surface area contributed by atoms with Gasteiger partial charge in [-0.25, -0.2) is 9.97 Å². The van der Waals surface area contributed by atoms with Crippen molar-refractivity contribution in [3.8, 4) is 17.1 Å². The van der Waals surface area contributed by atoms with E-state index in [9.17, 15) is 0 Å². The van der Waals surface area contributed by atoms with E-state index in [1.807, 2.05) is 24.3 Å². The zero-order valence-electron chi connectivity index (χ0n) is 18.6. The minimum atomic E-state index is 0.236. The topological polar surface area (TPSA) is 112 Å². The van der Waals surface area contributed by atoms with Gasteiger partial charge in [-0.1, -0.05) is 13.8 Å². The highest BCUT2D eigenvalue weighted by Gasteiger charge is 2.19. The molecule has 0 saturated heterocycles. The molecule has 0 aliphatic heterocycles. The van der Waals surface area contributed by atoms with E-state index in [-0.39, 0.29) is 6.04 Å². The Morgan fingerprint density at radius 3 is 2.77 bits per heavy atom. The third kappa shape index (κ3) is 5.59. The Labute approximate surface area is 183 Å². The molecule has 0 bridgehead atoms. The van der Waals surface area contributed by atoms with Crippen molar-refractivity contribution in [2.45, 2.75) is 53.1 Å². The Morgan fingerprint density at radius 2 is 2.10 bits per heavy atom. The standard InChI is InChI=1S/C23H31N7O/c1-5-12-31-23-18(8-7-10-25-23)19-13-20(26-14-17-9-11-27-30-17)22(28-15(3)6-2)21(29-19)16(4)24/h7-11,13,15,24,28H,5-6,12,14H2,1-4H3,(H,26,29)(H,27,30). The number of anilines is 2. The van der Waals surface area contributed by atoms with E-state index < -0.39 is 0 Å². The molecule has 3 heterocycles. The van der Waals surface area contributed by atoms with E-state index in [0.717, 1.165) is 35.5 Å². The lowest BCUT2D eigenvalue weighted by atomic mass is 10.1. The van der Waals surface area contributed by atoms with Crippen molar-refractivity contribution in [1.29, 1.82) is 5.41 Å². The second kappa shape index (κ2) is 10.6. The third-order valence-electron chi connectivity index (χ3n) is 4.90. The summed E-state index contributed by atoms with van der Waals surface area (Å²) >= 11 is 0. The average Bonchev–Trinajstić information content (AvgIpc) is 3.30. The molecule has 1 unspecified atom stereocenters. The number of hydrogen-bond acceptors (Lipinski definition) is 7. The highest BCUT2D eigenvalue weighted by Crippen LogP contribution is 2.35. The molecule has 0 saturated carbocycles. The normalized spacial score (nSPS) is 11.7. The molecule has 8 nitrogen and oxygen atoms in total. The summed E-state index contributed by atoms with van der Waals surface area (Å²) in [4.78, 5) is 9.24. The highest BCUT2D eigenvalue weighted by atomic mass is 16.5. The Morgan fingerprint density at radius 1 is 1.26 bits per heavy atom. The van der Waals surface area contributed by atoms with Crippen molar-refractivity contribution in [1.82, 2.24) is 20.2 Å². The monoisotopic (exact) mass is 421 g/mol. The van der Waals surface area contributed by atoms with Gasteiger partial charge in [0, 0.05) is 18.4 Å². The molecular weight excluding hydrogens is 390 g/mol. The Bertz CT molecular complexity index is 1000. The lowest BCUT2D eigenvalue weighted by molar-refractivity contribution is 0.306. The molecule has 31 heavy (non-hydrogen) atoms. The summed E-state index contributed by atoms with van der Waals surface area (Å²) in [6.07, 6.45) is 5.29. The number of pyridine rings is 2. The van der Waals surface area contributed by atoms with E-state index in [2.05, 4.69) is 46.6 Å². The molecule has 1 atom stereocenters. The molecule has 3 aromatic rings. The SMILES string of the molecule is CCCOc1ncccc1-c1cc(NCc2ccn[nH]2)c(NC(C)CC)c(C(C)=N)n1. The van der Waals surface area contributed by atoms with E-state index in [1.165, 1.54) is 0 Å². The zero-order valence-corrected chi connectivity index (χ0v) is 18.6. The van der Waals surface area contributed by atoms with Crippen LogP contribution in [0.25, 0.3) is 11.3 Å². The lowest BCUT2D eigenvalue weighted by Crippen LogP contribution is -2.19. The van der Waals surface area contributed by atoms with Gasteiger partial charge in [0.1, 0.15) is 5.69 Å². The maximum Gasteiger partial charge on any atom is 0.222 e. The van der Waals surface area contributed by atoms with Gasteiger partial charge in [0.2, 0.25) is 5.88 Å². The number of nitrogens with one attached hydrogen (secondary N) is 4. The van der Waals surface area contributed by atoms with Crippen LogP contribution in [-0.2, 0) is 6.54 Å². The largest absolute Gasteiger partial charge is 0.477 e. The number of aromatic nitrogens is 4.